The molecule has 0 radical (unpaired) electrons. The molecule has 2 aliphatic carbocycles. The Bertz CT molecular complexity index is 1430. The summed E-state index contributed by atoms with van der Waals surface area (Å²) in [6.07, 6.45) is 1.24. The number of halogens is 4. The Labute approximate surface area is 248 Å². The molecule has 5 rings (SSSR count). The minimum atomic E-state index is -4.40. The van der Waals surface area contributed by atoms with Gasteiger partial charge in [-0.05, 0) is 79.8 Å². The fraction of sp³-hybridized carbons (Fsp3) is 0.517. The van der Waals surface area contributed by atoms with E-state index in [0.717, 1.165) is 0 Å². The highest BCUT2D eigenvalue weighted by Crippen LogP contribution is 2.57. The molecule has 0 spiro atoms. The predicted octanol–water partition coefficient (Wildman–Crippen LogP) is 6.16. The van der Waals surface area contributed by atoms with E-state index in [2.05, 4.69) is 5.32 Å². The van der Waals surface area contributed by atoms with Crippen molar-refractivity contribution in [2.45, 2.75) is 81.2 Å². The molecule has 41 heavy (non-hydrogen) atoms. The molecule has 0 unspecified atom stereocenters. The molecule has 2 aromatic rings. The number of nitrogens with one attached hydrogen (secondary N) is 1. The second-order valence-corrected chi connectivity index (χ2v) is 14.8. The topological polar surface area (TPSA) is 104 Å². The molecule has 222 valence electrons. The van der Waals surface area contributed by atoms with Crippen molar-refractivity contribution >= 4 is 45.1 Å². The molecule has 7 nitrogen and oxygen atoms in total. The van der Waals surface area contributed by atoms with Crippen molar-refractivity contribution in [1.82, 2.24) is 9.62 Å². The molecule has 2 saturated carbocycles. The van der Waals surface area contributed by atoms with Gasteiger partial charge in [0.15, 0.2) is 0 Å². The van der Waals surface area contributed by atoms with E-state index in [4.69, 9.17) is 23.2 Å². The van der Waals surface area contributed by atoms with Crippen LogP contribution in [0.2, 0.25) is 10.0 Å². The van der Waals surface area contributed by atoms with Gasteiger partial charge in [0.1, 0.15) is 0 Å². The van der Waals surface area contributed by atoms with Crippen molar-refractivity contribution in [3.05, 3.63) is 69.7 Å². The van der Waals surface area contributed by atoms with E-state index in [1.165, 1.54) is 0 Å². The normalized spacial score (nSPS) is 26.6. The van der Waals surface area contributed by atoms with Crippen molar-refractivity contribution in [3.8, 4) is 0 Å². The van der Waals surface area contributed by atoms with Gasteiger partial charge < -0.3 is 10.4 Å². The number of piperidine rings is 1. The van der Waals surface area contributed by atoms with Gasteiger partial charge >= 0.3 is 12.5 Å². The minimum absolute atomic E-state index is 0.113. The SMILES string of the molecule is C[C@@]1(CC(=O)O)C[C@H](c2cccc(Cl)c2)[C@H](C[C@@](c2ccc(Cl)cc2)(C2CC2)N(C(F)F)S(=O)(=O)C2CC2)NC1=O. The molecule has 0 bridgehead atoms. The van der Waals surface area contributed by atoms with Crippen molar-refractivity contribution in [2.75, 3.05) is 0 Å². The van der Waals surface area contributed by atoms with E-state index in [9.17, 15) is 23.1 Å². The van der Waals surface area contributed by atoms with Crippen LogP contribution in [0, 0.1) is 11.3 Å². The first-order valence-corrected chi connectivity index (χ1v) is 15.9. The van der Waals surface area contributed by atoms with Crippen LogP contribution in [0.1, 0.15) is 68.9 Å². The van der Waals surface area contributed by atoms with E-state index < -0.39 is 69.0 Å². The number of aliphatic carboxylic acids is 1. The second-order valence-electron chi connectivity index (χ2n) is 11.8. The molecule has 1 aliphatic heterocycles. The predicted molar refractivity (Wildman–Crippen MR) is 151 cm³/mol. The average molecular weight is 630 g/mol. The Morgan fingerprint density at radius 3 is 2.32 bits per heavy atom. The lowest BCUT2D eigenvalue weighted by Gasteiger charge is -2.49. The number of carbonyl (C=O) groups excluding carboxylic acids is 1. The van der Waals surface area contributed by atoms with Gasteiger partial charge in [-0.25, -0.2) is 8.42 Å². The number of sulfonamides is 1. The highest BCUT2D eigenvalue weighted by Gasteiger charge is 2.61. The number of carbonyl (C=O) groups is 2. The van der Waals surface area contributed by atoms with E-state index in [1.807, 2.05) is 0 Å². The van der Waals surface area contributed by atoms with Gasteiger partial charge in [0, 0.05) is 22.0 Å². The number of alkyl halides is 2. The van der Waals surface area contributed by atoms with Crippen LogP contribution in [-0.2, 0) is 25.2 Å². The largest absolute Gasteiger partial charge is 0.481 e. The summed E-state index contributed by atoms with van der Waals surface area (Å²) in [5.41, 5.74) is -1.86. The third kappa shape index (κ3) is 5.85. The van der Waals surface area contributed by atoms with Gasteiger partial charge in [-0.3, -0.25) is 9.59 Å². The highest BCUT2D eigenvalue weighted by atomic mass is 35.5. The summed E-state index contributed by atoms with van der Waals surface area (Å²) >= 11 is 12.5. The molecule has 2 aromatic carbocycles. The fourth-order valence-electron chi connectivity index (χ4n) is 6.52. The number of hydrogen-bond donors (Lipinski definition) is 2. The molecular formula is C29H32Cl2F2N2O5S. The summed E-state index contributed by atoms with van der Waals surface area (Å²) in [6.45, 7) is -1.75. The van der Waals surface area contributed by atoms with E-state index >= 15 is 8.78 Å². The Balaban J connectivity index is 1.67. The summed E-state index contributed by atoms with van der Waals surface area (Å²) in [6, 6.07) is 12.4. The molecule has 1 saturated heterocycles. The molecule has 2 N–H and O–H groups in total. The number of nitrogens with zero attached hydrogens (tertiary/aromatic N) is 1. The van der Waals surface area contributed by atoms with Crippen LogP contribution in [0.15, 0.2) is 48.5 Å². The third-order valence-corrected chi connectivity index (χ3v) is 11.6. The van der Waals surface area contributed by atoms with Gasteiger partial charge in [0.25, 0.3) is 0 Å². The third-order valence-electron chi connectivity index (χ3n) is 8.76. The number of carboxylic acids is 1. The lowest BCUT2D eigenvalue weighted by atomic mass is 9.66. The number of carboxylic acid groups (broad SMARTS) is 1. The standard InChI is InChI=1S/C29H32Cl2F2N2O5S/c1-28(16-25(36)37)14-23(17-3-2-4-21(31)13-17)24(34-26(28)38)15-29(18-5-6-18,19-7-9-20(30)10-8-19)35(27(32)33)41(39,40)22-11-12-22/h2-4,7-10,13,18,22-24,27H,5-6,11-12,14-16H2,1H3,(H,34,38)(H,36,37)/t23-,24+,28+,29+/m1/s1. The smallest absolute Gasteiger partial charge is 0.308 e. The average Bonchev–Trinajstić information content (AvgIpc) is 3.78. The summed E-state index contributed by atoms with van der Waals surface area (Å²) in [4.78, 5) is 25.2. The van der Waals surface area contributed by atoms with Crippen molar-refractivity contribution < 1.29 is 31.9 Å². The van der Waals surface area contributed by atoms with Crippen LogP contribution in [0.25, 0.3) is 0 Å². The van der Waals surface area contributed by atoms with Crippen molar-refractivity contribution in [2.24, 2.45) is 11.3 Å². The molecule has 12 heteroatoms. The van der Waals surface area contributed by atoms with E-state index in [1.54, 1.807) is 55.5 Å². The van der Waals surface area contributed by atoms with E-state index in [-0.39, 0.29) is 12.8 Å². The van der Waals surface area contributed by atoms with Crippen molar-refractivity contribution in [1.29, 1.82) is 0 Å². The fourth-order valence-corrected chi connectivity index (χ4v) is 8.90. The quantitative estimate of drug-likeness (QED) is 0.290. The molecule has 1 amide bonds. The van der Waals surface area contributed by atoms with Crippen LogP contribution >= 0.6 is 23.2 Å². The monoisotopic (exact) mass is 628 g/mol. The number of rotatable bonds is 11. The molecular weight excluding hydrogens is 597 g/mol. The maximum absolute atomic E-state index is 15.2. The maximum atomic E-state index is 15.2. The molecule has 4 atom stereocenters. The highest BCUT2D eigenvalue weighted by molar-refractivity contribution is 7.90. The zero-order valence-electron chi connectivity index (χ0n) is 22.4. The first-order valence-electron chi connectivity index (χ1n) is 13.6. The Hall–Kier alpha value is -2.27. The second kappa shape index (κ2) is 11.1. The van der Waals surface area contributed by atoms with Crippen LogP contribution in [-0.4, -0.2) is 47.5 Å². The first-order chi connectivity index (χ1) is 19.3. The Morgan fingerprint density at radius 2 is 1.78 bits per heavy atom. The van der Waals surface area contributed by atoms with Gasteiger partial charge in [-0.2, -0.15) is 8.78 Å². The van der Waals surface area contributed by atoms with Crippen LogP contribution in [0.3, 0.4) is 0 Å². The summed E-state index contributed by atoms with van der Waals surface area (Å²) < 4.78 is 58.2. The van der Waals surface area contributed by atoms with Crippen LogP contribution in [0.5, 0.6) is 0 Å². The minimum Gasteiger partial charge on any atom is -0.481 e. The first kappa shape index (κ1) is 30.2. The number of hydrogen-bond acceptors (Lipinski definition) is 4. The van der Waals surface area contributed by atoms with Gasteiger partial charge in [-0.15, -0.1) is 4.31 Å². The van der Waals surface area contributed by atoms with Crippen molar-refractivity contribution in [3.63, 3.8) is 0 Å². The van der Waals surface area contributed by atoms with Crippen LogP contribution < -0.4 is 5.32 Å². The van der Waals surface area contributed by atoms with E-state index in [0.29, 0.717) is 51.2 Å². The maximum Gasteiger partial charge on any atom is 0.308 e. The Morgan fingerprint density at radius 1 is 1.12 bits per heavy atom. The number of amides is 1. The Kier molecular flexibility index (Phi) is 8.17. The van der Waals surface area contributed by atoms with Gasteiger partial charge in [0.05, 0.1) is 22.6 Å². The summed E-state index contributed by atoms with van der Waals surface area (Å²) in [5.74, 6) is -2.60. The van der Waals surface area contributed by atoms with Gasteiger partial charge in [-0.1, -0.05) is 54.4 Å². The lowest BCUT2D eigenvalue weighted by Crippen LogP contribution is -2.61. The summed E-state index contributed by atoms with van der Waals surface area (Å²) in [7, 11) is -4.40. The molecule has 3 aliphatic rings. The molecule has 1 heterocycles. The molecule has 3 fully saturated rings. The zero-order valence-corrected chi connectivity index (χ0v) is 24.7. The lowest BCUT2D eigenvalue weighted by molar-refractivity contribution is -0.148. The summed E-state index contributed by atoms with van der Waals surface area (Å²) in [5, 5.41) is 12.4. The molecule has 0 aromatic heterocycles. The van der Waals surface area contributed by atoms with Crippen LogP contribution in [0.4, 0.5) is 8.78 Å². The van der Waals surface area contributed by atoms with Gasteiger partial charge in [0.2, 0.25) is 15.9 Å². The number of benzene rings is 2. The zero-order chi connectivity index (χ0) is 29.7.